The SMILES string of the molecule is Cc1cc(-c2cccc(C)c2C)sc1C(=O)N1CCC(N2CCCCCC2)CC1. The monoisotopic (exact) mass is 410 g/mol. The molecule has 2 aliphatic rings. The number of piperidine rings is 1. The fraction of sp³-hybridized carbons (Fsp3) is 0.560. The van der Waals surface area contributed by atoms with E-state index < -0.39 is 0 Å². The Morgan fingerprint density at radius 1 is 0.931 bits per heavy atom. The largest absolute Gasteiger partial charge is 0.338 e. The Morgan fingerprint density at radius 3 is 2.31 bits per heavy atom. The van der Waals surface area contributed by atoms with Crippen LogP contribution in [0.3, 0.4) is 0 Å². The molecule has 29 heavy (non-hydrogen) atoms. The molecule has 0 N–H and O–H groups in total. The number of carbonyl (C=O) groups excluding carboxylic acids is 1. The van der Waals surface area contributed by atoms with Crippen LogP contribution in [0, 0.1) is 20.8 Å². The van der Waals surface area contributed by atoms with Gasteiger partial charge in [0.1, 0.15) is 0 Å². The minimum atomic E-state index is 0.235. The van der Waals surface area contributed by atoms with Gasteiger partial charge < -0.3 is 9.80 Å². The molecule has 2 aliphatic heterocycles. The summed E-state index contributed by atoms with van der Waals surface area (Å²) < 4.78 is 0. The van der Waals surface area contributed by atoms with Crippen molar-refractivity contribution in [1.29, 1.82) is 0 Å². The van der Waals surface area contributed by atoms with E-state index in [1.807, 2.05) is 0 Å². The standard InChI is InChI=1S/C25H34N2OS/c1-18-9-8-10-22(20(18)3)23-17-19(2)24(29-23)25(28)27-15-11-21(12-16-27)26-13-6-4-5-7-14-26/h8-10,17,21H,4-7,11-16H2,1-3H3. The molecule has 0 radical (unpaired) electrons. The zero-order valence-electron chi connectivity index (χ0n) is 18.2. The van der Waals surface area contributed by atoms with Crippen LogP contribution >= 0.6 is 11.3 Å². The summed E-state index contributed by atoms with van der Waals surface area (Å²) in [5.74, 6) is 0.235. The lowest BCUT2D eigenvalue weighted by molar-refractivity contribution is 0.0627. The zero-order chi connectivity index (χ0) is 20.4. The summed E-state index contributed by atoms with van der Waals surface area (Å²) in [6.07, 6.45) is 7.70. The van der Waals surface area contributed by atoms with Crippen LogP contribution in [0.1, 0.15) is 64.9 Å². The highest BCUT2D eigenvalue weighted by atomic mass is 32.1. The molecule has 2 aromatic rings. The van der Waals surface area contributed by atoms with E-state index in [1.165, 1.54) is 60.3 Å². The lowest BCUT2D eigenvalue weighted by Gasteiger charge is -2.38. The fourth-order valence-electron chi connectivity index (χ4n) is 4.88. The predicted molar refractivity (Wildman–Crippen MR) is 123 cm³/mol. The molecule has 156 valence electrons. The summed E-state index contributed by atoms with van der Waals surface area (Å²) in [4.78, 5) is 20.2. The van der Waals surface area contributed by atoms with Gasteiger partial charge in [-0.15, -0.1) is 11.3 Å². The molecule has 1 aromatic heterocycles. The molecular weight excluding hydrogens is 376 g/mol. The first-order chi connectivity index (χ1) is 14.0. The third kappa shape index (κ3) is 4.44. The van der Waals surface area contributed by atoms with E-state index in [2.05, 4.69) is 54.8 Å². The molecule has 2 fully saturated rings. The van der Waals surface area contributed by atoms with Crippen molar-refractivity contribution < 1.29 is 4.79 Å². The van der Waals surface area contributed by atoms with Crippen LogP contribution in [-0.2, 0) is 0 Å². The Labute approximate surface area is 179 Å². The lowest BCUT2D eigenvalue weighted by Crippen LogP contribution is -2.47. The minimum Gasteiger partial charge on any atom is -0.338 e. The van der Waals surface area contributed by atoms with Crippen molar-refractivity contribution in [2.24, 2.45) is 0 Å². The van der Waals surface area contributed by atoms with Gasteiger partial charge in [-0.25, -0.2) is 0 Å². The maximum Gasteiger partial charge on any atom is 0.264 e. The smallest absolute Gasteiger partial charge is 0.264 e. The number of aryl methyl sites for hydroxylation is 2. The van der Waals surface area contributed by atoms with E-state index in [4.69, 9.17) is 0 Å². The minimum absolute atomic E-state index is 0.235. The summed E-state index contributed by atoms with van der Waals surface area (Å²) in [6, 6.07) is 9.31. The average Bonchev–Trinajstić information content (AvgIpc) is 2.93. The summed E-state index contributed by atoms with van der Waals surface area (Å²) in [6.45, 7) is 10.7. The summed E-state index contributed by atoms with van der Waals surface area (Å²) in [5.41, 5.74) is 4.99. The summed E-state index contributed by atoms with van der Waals surface area (Å²) in [7, 11) is 0. The molecule has 3 nitrogen and oxygen atoms in total. The number of nitrogens with zero attached hydrogens (tertiary/aromatic N) is 2. The van der Waals surface area contributed by atoms with Gasteiger partial charge in [0.05, 0.1) is 4.88 Å². The number of rotatable bonds is 3. The Hall–Kier alpha value is -1.65. The van der Waals surface area contributed by atoms with Crippen molar-refractivity contribution in [1.82, 2.24) is 9.80 Å². The zero-order valence-corrected chi connectivity index (χ0v) is 19.0. The number of hydrogen-bond acceptors (Lipinski definition) is 3. The number of carbonyl (C=O) groups is 1. The molecule has 1 aromatic carbocycles. The Morgan fingerprint density at radius 2 is 1.62 bits per heavy atom. The number of hydrogen-bond donors (Lipinski definition) is 0. The first kappa shape index (κ1) is 20.6. The lowest BCUT2D eigenvalue weighted by atomic mass is 10.0. The van der Waals surface area contributed by atoms with Crippen molar-refractivity contribution in [3.63, 3.8) is 0 Å². The van der Waals surface area contributed by atoms with E-state index in [9.17, 15) is 4.79 Å². The van der Waals surface area contributed by atoms with Crippen LogP contribution in [0.25, 0.3) is 10.4 Å². The highest BCUT2D eigenvalue weighted by Gasteiger charge is 2.29. The van der Waals surface area contributed by atoms with Crippen molar-refractivity contribution in [2.45, 2.75) is 65.3 Å². The van der Waals surface area contributed by atoms with Crippen LogP contribution in [-0.4, -0.2) is 47.9 Å². The van der Waals surface area contributed by atoms with Crippen molar-refractivity contribution in [3.8, 4) is 10.4 Å². The maximum absolute atomic E-state index is 13.3. The molecule has 0 aliphatic carbocycles. The highest BCUT2D eigenvalue weighted by Crippen LogP contribution is 2.35. The third-order valence-corrected chi connectivity index (χ3v) is 8.15. The van der Waals surface area contributed by atoms with E-state index >= 15 is 0 Å². The molecule has 2 saturated heterocycles. The van der Waals surface area contributed by atoms with Crippen molar-refractivity contribution >= 4 is 17.2 Å². The summed E-state index contributed by atoms with van der Waals surface area (Å²) in [5, 5.41) is 0. The quantitative estimate of drug-likeness (QED) is 0.636. The van der Waals surface area contributed by atoms with Crippen molar-refractivity contribution in [3.05, 3.63) is 45.8 Å². The Bertz CT molecular complexity index is 856. The first-order valence-electron chi connectivity index (χ1n) is 11.2. The van der Waals surface area contributed by atoms with Gasteiger partial charge in [0, 0.05) is 24.0 Å². The Balaban J connectivity index is 1.44. The maximum atomic E-state index is 13.3. The molecule has 0 unspecified atom stereocenters. The van der Waals surface area contributed by atoms with Gasteiger partial charge in [-0.2, -0.15) is 0 Å². The van der Waals surface area contributed by atoms with E-state index in [0.717, 1.165) is 36.4 Å². The van der Waals surface area contributed by atoms with Crippen LogP contribution in [0.15, 0.2) is 24.3 Å². The van der Waals surface area contributed by atoms with E-state index in [0.29, 0.717) is 6.04 Å². The molecule has 0 atom stereocenters. The molecule has 0 saturated carbocycles. The number of amides is 1. The second-order valence-corrected chi connectivity index (χ2v) is 9.90. The molecule has 3 heterocycles. The van der Waals surface area contributed by atoms with Gasteiger partial charge in [0.25, 0.3) is 5.91 Å². The second kappa shape index (κ2) is 9.01. The summed E-state index contributed by atoms with van der Waals surface area (Å²) >= 11 is 1.67. The number of benzene rings is 1. The van der Waals surface area contributed by atoms with Gasteiger partial charge >= 0.3 is 0 Å². The predicted octanol–water partition coefficient (Wildman–Crippen LogP) is 5.82. The second-order valence-electron chi connectivity index (χ2n) is 8.84. The average molecular weight is 411 g/mol. The highest BCUT2D eigenvalue weighted by molar-refractivity contribution is 7.17. The topological polar surface area (TPSA) is 23.6 Å². The van der Waals surface area contributed by atoms with E-state index in [1.54, 1.807) is 11.3 Å². The van der Waals surface area contributed by atoms with Gasteiger partial charge in [-0.05, 0) is 87.9 Å². The molecule has 4 heteroatoms. The van der Waals surface area contributed by atoms with Gasteiger partial charge in [0.2, 0.25) is 0 Å². The van der Waals surface area contributed by atoms with Crippen molar-refractivity contribution in [2.75, 3.05) is 26.2 Å². The first-order valence-corrected chi connectivity index (χ1v) is 12.1. The van der Waals surface area contributed by atoms with Gasteiger partial charge in [-0.3, -0.25) is 4.79 Å². The third-order valence-electron chi connectivity index (χ3n) is 6.89. The molecule has 1 amide bonds. The molecule has 4 rings (SSSR count). The Kier molecular flexibility index (Phi) is 6.41. The van der Waals surface area contributed by atoms with Gasteiger partial charge in [-0.1, -0.05) is 31.0 Å². The van der Waals surface area contributed by atoms with Crippen LogP contribution in [0.4, 0.5) is 0 Å². The molecule has 0 spiro atoms. The van der Waals surface area contributed by atoms with Crippen LogP contribution in [0.2, 0.25) is 0 Å². The van der Waals surface area contributed by atoms with Crippen LogP contribution < -0.4 is 0 Å². The fourth-order valence-corrected chi connectivity index (χ4v) is 6.11. The van der Waals surface area contributed by atoms with E-state index in [-0.39, 0.29) is 5.91 Å². The van der Waals surface area contributed by atoms with Crippen LogP contribution in [0.5, 0.6) is 0 Å². The number of thiophene rings is 1. The number of likely N-dealkylation sites (tertiary alicyclic amines) is 2. The molecule has 0 bridgehead atoms. The van der Waals surface area contributed by atoms with Gasteiger partial charge in [0.15, 0.2) is 0 Å². The molecular formula is C25H34N2OS. The normalized spacial score (nSPS) is 19.3.